The van der Waals surface area contributed by atoms with E-state index >= 15 is 0 Å². The highest BCUT2D eigenvalue weighted by Crippen LogP contribution is 2.21. The minimum Gasteiger partial charge on any atom is -0.348 e. The fourth-order valence-corrected chi connectivity index (χ4v) is 3.88. The largest absolute Gasteiger partial charge is 0.348 e. The lowest BCUT2D eigenvalue weighted by Gasteiger charge is -2.24. The van der Waals surface area contributed by atoms with Crippen LogP contribution in [-0.2, 0) is 21.2 Å². The van der Waals surface area contributed by atoms with Crippen LogP contribution in [0.15, 0.2) is 42.5 Å². The van der Waals surface area contributed by atoms with Gasteiger partial charge in [-0.15, -0.1) is 0 Å². The molecular weight excluding hydrogens is 360 g/mol. The van der Waals surface area contributed by atoms with Crippen molar-refractivity contribution in [2.75, 3.05) is 17.1 Å². The Labute approximate surface area is 162 Å². The summed E-state index contributed by atoms with van der Waals surface area (Å²) in [4.78, 5) is 12.6. The molecule has 2 aromatic carbocycles. The number of hydrogen-bond donors (Lipinski definition) is 1. The third kappa shape index (κ3) is 5.57. The van der Waals surface area contributed by atoms with Gasteiger partial charge in [-0.25, -0.2) is 8.42 Å². The summed E-state index contributed by atoms with van der Waals surface area (Å²) >= 11 is 0. The van der Waals surface area contributed by atoms with Crippen LogP contribution in [0.2, 0.25) is 0 Å². The van der Waals surface area contributed by atoms with Crippen LogP contribution in [0, 0.1) is 13.8 Å². The summed E-state index contributed by atoms with van der Waals surface area (Å²) < 4.78 is 25.6. The molecule has 0 fully saturated rings. The molecule has 2 aromatic rings. The number of hydrogen-bond acceptors (Lipinski definition) is 3. The predicted octanol–water partition coefficient (Wildman–Crippen LogP) is 3.51. The van der Waals surface area contributed by atoms with Gasteiger partial charge in [0.15, 0.2) is 0 Å². The SMILES string of the molecule is CCc1ccc(N(CC(=O)N[C@@H](C)c2cc(C)ccc2C)S(C)(=O)=O)cc1. The van der Waals surface area contributed by atoms with E-state index in [1.807, 2.05) is 58.0 Å². The first-order chi connectivity index (χ1) is 12.6. The van der Waals surface area contributed by atoms with Gasteiger partial charge in [-0.1, -0.05) is 42.8 Å². The monoisotopic (exact) mass is 388 g/mol. The highest BCUT2D eigenvalue weighted by atomic mass is 32.2. The fourth-order valence-electron chi connectivity index (χ4n) is 3.02. The van der Waals surface area contributed by atoms with Gasteiger partial charge in [0.1, 0.15) is 6.54 Å². The van der Waals surface area contributed by atoms with E-state index in [9.17, 15) is 13.2 Å². The number of benzene rings is 2. The van der Waals surface area contributed by atoms with Crippen LogP contribution >= 0.6 is 0 Å². The Kier molecular flexibility index (Phi) is 6.65. The van der Waals surface area contributed by atoms with Crippen molar-refractivity contribution < 1.29 is 13.2 Å². The van der Waals surface area contributed by atoms with Gasteiger partial charge in [0, 0.05) is 0 Å². The summed E-state index contributed by atoms with van der Waals surface area (Å²) in [5, 5.41) is 2.91. The molecule has 1 atom stereocenters. The lowest BCUT2D eigenvalue weighted by molar-refractivity contribution is -0.120. The molecule has 0 saturated carbocycles. The van der Waals surface area contributed by atoms with E-state index in [-0.39, 0.29) is 18.5 Å². The summed E-state index contributed by atoms with van der Waals surface area (Å²) in [5.41, 5.74) is 4.83. The molecule has 0 aliphatic carbocycles. The maximum absolute atomic E-state index is 12.6. The highest BCUT2D eigenvalue weighted by molar-refractivity contribution is 7.92. The maximum atomic E-state index is 12.6. The van der Waals surface area contributed by atoms with Gasteiger partial charge in [-0.2, -0.15) is 0 Å². The molecule has 0 aliphatic heterocycles. The number of carbonyl (C=O) groups excluding carboxylic acids is 1. The number of rotatable bonds is 7. The number of sulfonamides is 1. The van der Waals surface area contributed by atoms with Gasteiger partial charge in [-0.3, -0.25) is 9.10 Å². The van der Waals surface area contributed by atoms with Crippen LogP contribution in [0.25, 0.3) is 0 Å². The zero-order valence-electron chi connectivity index (χ0n) is 16.6. The second-order valence-electron chi connectivity index (χ2n) is 6.94. The van der Waals surface area contributed by atoms with Gasteiger partial charge >= 0.3 is 0 Å². The molecule has 1 amide bonds. The molecule has 2 rings (SSSR count). The standard InChI is InChI=1S/C21H28N2O3S/c1-6-18-9-11-19(12-10-18)23(27(5,25)26)14-21(24)22-17(4)20-13-15(2)7-8-16(20)3/h7-13,17H,6,14H2,1-5H3,(H,22,24)/t17-/m0/s1. The van der Waals surface area contributed by atoms with Crippen LogP contribution < -0.4 is 9.62 Å². The molecule has 0 heterocycles. The number of aryl methyl sites for hydroxylation is 3. The van der Waals surface area contributed by atoms with Crippen molar-refractivity contribution in [3.05, 3.63) is 64.7 Å². The summed E-state index contributed by atoms with van der Waals surface area (Å²) in [6.45, 7) is 7.68. The number of carbonyl (C=O) groups is 1. The van der Waals surface area contributed by atoms with Crippen LogP contribution in [0.4, 0.5) is 5.69 Å². The third-order valence-corrected chi connectivity index (χ3v) is 5.74. The number of nitrogens with one attached hydrogen (secondary N) is 1. The van der Waals surface area contributed by atoms with E-state index in [0.717, 1.165) is 39.2 Å². The third-order valence-electron chi connectivity index (χ3n) is 4.60. The molecule has 0 aromatic heterocycles. The van der Waals surface area contributed by atoms with Gasteiger partial charge in [0.05, 0.1) is 18.0 Å². The lowest BCUT2D eigenvalue weighted by Crippen LogP contribution is -2.41. The Morgan fingerprint density at radius 1 is 1.11 bits per heavy atom. The van der Waals surface area contributed by atoms with Crippen molar-refractivity contribution in [3.8, 4) is 0 Å². The molecule has 0 radical (unpaired) electrons. The number of anilines is 1. The Balaban J connectivity index is 2.17. The molecule has 5 nitrogen and oxygen atoms in total. The highest BCUT2D eigenvalue weighted by Gasteiger charge is 2.22. The van der Waals surface area contributed by atoms with Crippen molar-refractivity contribution in [1.82, 2.24) is 5.32 Å². The van der Waals surface area contributed by atoms with Crippen molar-refractivity contribution in [2.45, 2.75) is 40.2 Å². The minimum absolute atomic E-state index is 0.207. The maximum Gasteiger partial charge on any atom is 0.241 e. The summed E-state index contributed by atoms with van der Waals surface area (Å²) in [6.07, 6.45) is 1.98. The van der Waals surface area contributed by atoms with Crippen LogP contribution in [0.5, 0.6) is 0 Å². The van der Waals surface area contributed by atoms with E-state index in [4.69, 9.17) is 0 Å². The van der Waals surface area contributed by atoms with Gasteiger partial charge < -0.3 is 5.32 Å². The first-order valence-corrected chi connectivity index (χ1v) is 10.9. The van der Waals surface area contributed by atoms with E-state index in [2.05, 4.69) is 5.32 Å². The van der Waals surface area contributed by atoms with Crippen LogP contribution in [-0.4, -0.2) is 27.1 Å². The predicted molar refractivity (Wildman–Crippen MR) is 110 cm³/mol. The quantitative estimate of drug-likeness (QED) is 0.789. The van der Waals surface area contributed by atoms with E-state index < -0.39 is 10.0 Å². The molecule has 0 unspecified atom stereocenters. The van der Waals surface area contributed by atoms with Crippen LogP contribution in [0.1, 0.15) is 42.1 Å². The smallest absolute Gasteiger partial charge is 0.241 e. The first kappa shape index (κ1) is 21.0. The summed E-state index contributed by atoms with van der Waals surface area (Å²) in [5.74, 6) is -0.339. The van der Waals surface area contributed by atoms with Crippen molar-refractivity contribution >= 4 is 21.6 Å². The van der Waals surface area contributed by atoms with Crippen LogP contribution in [0.3, 0.4) is 0 Å². The molecule has 0 saturated heterocycles. The Bertz CT molecular complexity index is 906. The summed E-state index contributed by atoms with van der Waals surface area (Å²) in [6, 6.07) is 13.1. The Hall–Kier alpha value is -2.34. The van der Waals surface area contributed by atoms with Crippen molar-refractivity contribution in [2.24, 2.45) is 0 Å². The second kappa shape index (κ2) is 8.57. The van der Waals surface area contributed by atoms with Crippen molar-refractivity contribution in [1.29, 1.82) is 0 Å². The second-order valence-corrected chi connectivity index (χ2v) is 8.85. The normalized spacial score (nSPS) is 12.5. The van der Waals surface area contributed by atoms with Gasteiger partial charge in [0.2, 0.25) is 15.9 Å². The van der Waals surface area contributed by atoms with Gasteiger partial charge in [-0.05, 0) is 56.0 Å². The molecule has 0 spiro atoms. The molecule has 0 aliphatic rings. The zero-order chi connectivity index (χ0) is 20.2. The Morgan fingerprint density at radius 3 is 2.30 bits per heavy atom. The fraction of sp³-hybridized carbons (Fsp3) is 0.381. The van der Waals surface area contributed by atoms with E-state index in [0.29, 0.717) is 5.69 Å². The molecule has 27 heavy (non-hydrogen) atoms. The topological polar surface area (TPSA) is 66.5 Å². The molecule has 146 valence electrons. The van der Waals surface area contributed by atoms with E-state index in [1.54, 1.807) is 12.1 Å². The lowest BCUT2D eigenvalue weighted by atomic mass is 10.00. The average Bonchev–Trinajstić information content (AvgIpc) is 2.61. The number of nitrogens with zero attached hydrogens (tertiary/aromatic N) is 1. The van der Waals surface area contributed by atoms with Gasteiger partial charge in [0.25, 0.3) is 0 Å². The Morgan fingerprint density at radius 2 is 1.74 bits per heavy atom. The molecule has 1 N–H and O–H groups in total. The summed E-state index contributed by atoms with van der Waals surface area (Å²) in [7, 11) is -3.58. The zero-order valence-corrected chi connectivity index (χ0v) is 17.4. The first-order valence-electron chi connectivity index (χ1n) is 9.05. The molecule has 6 heteroatoms. The molecular formula is C21H28N2O3S. The van der Waals surface area contributed by atoms with Crippen molar-refractivity contribution in [3.63, 3.8) is 0 Å². The van der Waals surface area contributed by atoms with E-state index in [1.165, 1.54) is 0 Å². The molecule has 0 bridgehead atoms. The minimum atomic E-state index is -3.58. The average molecular weight is 389 g/mol. The number of amides is 1.